The molecule has 2 fully saturated rings. The van der Waals surface area contributed by atoms with Gasteiger partial charge in [0.05, 0.1) is 17.8 Å². The number of benzene rings is 1. The van der Waals surface area contributed by atoms with E-state index >= 15 is 0 Å². The van der Waals surface area contributed by atoms with Gasteiger partial charge in [-0.25, -0.2) is 0 Å². The van der Waals surface area contributed by atoms with Gasteiger partial charge in [-0.15, -0.1) is 0 Å². The van der Waals surface area contributed by atoms with Crippen LogP contribution in [0.5, 0.6) is 0 Å². The molecule has 1 N–H and O–H groups in total. The first-order chi connectivity index (χ1) is 9.81. The number of carbonyl (C=O) groups is 1. The van der Waals surface area contributed by atoms with Crippen molar-refractivity contribution in [3.8, 4) is 0 Å². The fraction of sp³-hybridized carbons (Fsp3) is 0.533. The summed E-state index contributed by atoms with van der Waals surface area (Å²) in [6.45, 7) is 0. The average molecular weight is 300 g/mol. The summed E-state index contributed by atoms with van der Waals surface area (Å²) in [7, 11) is 0. The SMILES string of the molecule is O=C(O)C1(Cc2ccc(C(F)(F)F)cc2)CC2CCC1O2. The van der Waals surface area contributed by atoms with Crippen LogP contribution in [-0.4, -0.2) is 23.3 Å². The molecule has 3 atom stereocenters. The predicted octanol–water partition coefficient (Wildman–Crippen LogP) is 3.27. The van der Waals surface area contributed by atoms with Crippen LogP contribution >= 0.6 is 0 Å². The van der Waals surface area contributed by atoms with Crippen LogP contribution in [0.25, 0.3) is 0 Å². The zero-order valence-corrected chi connectivity index (χ0v) is 11.2. The zero-order chi connectivity index (χ0) is 15.3. The Kier molecular flexibility index (Phi) is 3.24. The smallest absolute Gasteiger partial charge is 0.416 e. The van der Waals surface area contributed by atoms with Crippen molar-refractivity contribution >= 4 is 5.97 Å². The van der Waals surface area contributed by atoms with Crippen molar-refractivity contribution in [3.05, 3.63) is 35.4 Å². The lowest BCUT2D eigenvalue weighted by Crippen LogP contribution is -2.42. The summed E-state index contributed by atoms with van der Waals surface area (Å²) in [5.74, 6) is -0.922. The maximum atomic E-state index is 12.5. The molecule has 2 saturated heterocycles. The molecule has 0 aromatic heterocycles. The van der Waals surface area contributed by atoms with Gasteiger partial charge >= 0.3 is 12.1 Å². The highest BCUT2D eigenvalue weighted by Crippen LogP contribution is 2.49. The van der Waals surface area contributed by atoms with E-state index in [2.05, 4.69) is 0 Å². The average Bonchev–Trinajstić information content (AvgIpc) is 2.99. The van der Waals surface area contributed by atoms with Gasteiger partial charge in [0.15, 0.2) is 0 Å². The second kappa shape index (κ2) is 4.73. The summed E-state index contributed by atoms with van der Waals surface area (Å²) in [5.41, 5.74) is -1.12. The number of ether oxygens (including phenoxy) is 1. The molecule has 3 rings (SSSR count). The molecule has 3 nitrogen and oxygen atoms in total. The summed E-state index contributed by atoms with van der Waals surface area (Å²) in [4.78, 5) is 11.7. The van der Waals surface area contributed by atoms with Crippen LogP contribution in [0, 0.1) is 5.41 Å². The van der Waals surface area contributed by atoms with E-state index in [1.165, 1.54) is 12.1 Å². The molecule has 3 unspecified atom stereocenters. The van der Waals surface area contributed by atoms with Gasteiger partial charge in [-0.2, -0.15) is 13.2 Å². The predicted molar refractivity (Wildman–Crippen MR) is 67.7 cm³/mol. The summed E-state index contributed by atoms with van der Waals surface area (Å²) < 4.78 is 43.2. The molecule has 2 aliphatic heterocycles. The molecule has 1 aromatic rings. The van der Waals surface area contributed by atoms with E-state index in [0.29, 0.717) is 18.4 Å². The summed E-state index contributed by atoms with van der Waals surface area (Å²) in [5, 5.41) is 9.57. The number of carboxylic acids is 1. The molecule has 2 heterocycles. The molecule has 0 amide bonds. The van der Waals surface area contributed by atoms with Crippen molar-refractivity contribution in [1.82, 2.24) is 0 Å². The second-order valence-corrected chi connectivity index (χ2v) is 5.86. The topological polar surface area (TPSA) is 46.5 Å². The number of hydrogen-bond donors (Lipinski definition) is 1. The summed E-state index contributed by atoms with van der Waals surface area (Å²) in [6.07, 6.45) is -2.51. The Labute approximate surface area is 119 Å². The highest BCUT2D eigenvalue weighted by Gasteiger charge is 2.57. The fourth-order valence-electron chi connectivity index (χ4n) is 3.46. The monoisotopic (exact) mass is 300 g/mol. The number of hydrogen-bond acceptors (Lipinski definition) is 2. The van der Waals surface area contributed by atoms with E-state index in [4.69, 9.17) is 4.74 Å². The molecular weight excluding hydrogens is 285 g/mol. The van der Waals surface area contributed by atoms with Gasteiger partial charge in [-0.1, -0.05) is 12.1 Å². The Balaban J connectivity index is 1.83. The lowest BCUT2D eigenvalue weighted by molar-refractivity contribution is -0.152. The largest absolute Gasteiger partial charge is 0.481 e. The molecule has 114 valence electrons. The maximum Gasteiger partial charge on any atom is 0.416 e. The minimum atomic E-state index is -4.38. The van der Waals surface area contributed by atoms with Gasteiger partial charge in [0.2, 0.25) is 0 Å². The zero-order valence-electron chi connectivity index (χ0n) is 11.2. The number of halogens is 3. The Morgan fingerprint density at radius 1 is 1.29 bits per heavy atom. The summed E-state index contributed by atoms with van der Waals surface area (Å²) in [6, 6.07) is 4.72. The van der Waals surface area contributed by atoms with Crippen LogP contribution in [0.4, 0.5) is 13.2 Å². The highest BCUT2D eigenvalue weighted by molar-refractivity contribution is 5.76. The molecule has 0 spiro atoms. The van der Waals surface area contributed by atoms with Crippen molar-refractivity contribution in [1.29, 1.82) is 0 Å². The molecule has 6 heteroatoms. The van der Waals surface area contributed by atoms with Crippen LogP contribution in [0.15, 0.2) is 24.3 Å². The quantitative estimate of drug-likeness (QED) is 0.932. The first-order valence-electron chi connectivity index (χ1n) is 6.86. The normalized spacial score (nSPS) is 31.6. The number of carboxylic acid groups (broad SMARTS) is 1. The Morgan fingerprint density at radius 3 is 2.38 bits per heavy atom. The van der Waals surface area contributed by atoms with Gasteiger partial charge in [0.1, 0.15) is 5.41 Å². The lowest BCUT2D eigenvalue weighted by Gasteiger charge is -2.31. The molecule has 2 bridgehead atoms. The highest BCUT2D eigenvalue weighted by atomic mass is 19.4. The van der Waals surface area contributed by atoms with Gasteiger partial charge < -0.3 is 9.84 Å². The van der Waals surface area contributed by atoms with E-state index in [1.54, 1.807) is 0 Å². The van der Waals surface area contributed by atoms with Crippen LogP contribution in [0.2, 0.25) is 0 Å². The third kappa shape index (κ3) is 2.41. The molecule has 21 heavy (non-hydrogen) atoms. The molecule has 2 aliphatic rings. The van der Waals surface area contributed by atoms with E-state index in [9.17, 15) is 23.1 Å². The second-order valence-electron chi connectivity index (χ2n) is 5.86. The van der Waals surface area contributed by atoms with E-state index in [-0.39, 0.29) is 18.6 Å². The van der Waals surface area contributed by atoms with Gasteiger partial charge in [-0.05, 0) is 43.4 Å². The van der Waals surface area contributed by atoms with Crippen molar-refractivity contribution in [2.24, 2.45) is 5.41 Å². The van der Waals surface area contributed by atoms with Crippen molar-refractivity contribution in [2.45, 2.75) is 44.1 Å². The Morgan fingerprint density at radius 2 is 1.95 bits per heavy atom. The number of alkyl halides is 3. The number of rotatable bonds is 3. The molecule has 1 aromatic carbocycles. The van der Waals surface area contributed by atoms with Crippen molar-refractivity contribution < 1.29 is 27.8 Å². The first kappa shape index (κ1) is 14.4. The molecule has 0 aliphatic carbocycles. The number of aliphatic carboxylic acids is 1. The standard InChI is InChI=1S/C15H15F3O3/c16-15(17,18)10-3-1-9(2-4-10)7-14(13(19)20)8-11-5-6-12(14)21-11/h1-4,11-12H,5-8H2,(H,19,20). The molecule has 0 saturated carbocycles. The van der Waals surface area contributed by atoms with Gasteiger partial charge in [-0.3, -0.25) is 4.79 Å². The minimum Gasteiger partial charge on any atom is -0.481 e. The van der Waals surface area contributed by atoms with Crippen LogP contribution in [-0.2, 0) is 22.1 Å². The van der Waals surface area contributed by atoms with Crippen LogP contribution in [0.1, 0.15) is 30.4 Å². The third-order valence-electron chi connectivity index (χ3n) is 4.54. The third-order valence-corrected chi connectivity index (χ3v) is 4.54. The molecule has 0 radical (unpaired) electrons. The van der Waals surface area contributed by atoms with Crippen LogP contribution < -0.4 is 0 Å². The minimum absolute atomic E-state index is 0.0273. The Bertz CT molecular complexity index is 552. The maximum absolute atomic E-state index is 12.5. The number of fused-ring (bicyclic) bond motifs is 2. The van der Waals surface area contributed by atoms with Gasteiger partial charge in [0, 0.05) is 0 Å². The van der Waals surface area contributed by atoms with Gasteiger partial charge in [0.25, 0.3) is 0 Å². The van der Waals surface area contributed by atoms with Crippen LogP contribution in [0.3, 0.4) is 0 Å². The molecular formula is C15H15F3O3. The van der Waals surface area contributed by atoms with Crippen molar-refractivity contribution in [3.63, 3.8) is 0 Å². The Hall–Kier alpha value is -1.56. The summed E-state index contributed by atoms with van der Waals surface area (Å²) >= 11 is 0. The van der Waals surface area contributed by atoms with Crippen molar-refractivity contribution in [2.75, 3.05) is 0 Å². The van der Waals surface area contributed by atoms with E-state index in [1.807, 2.05) is 0 Å². The lowest BCUT2D eigenvalue weighted by atomic mass is 9.70. The van der Waals surface area contributed by atoms with E-state index < -0.39 is 23.1 Å². The fourth-order valence-corrected chi connectivity index (χ4v) is 3.46. The van der Waals surface area contributed by atoms with E-state index in [0.717, 1.165) is 18.6 Å². The first-order valence-corrected chi connectivity index (χ1v) is 6.86.